The van der Waals surface area contributed by atoms with E-state index < -0.39 is 0 Å². The summed E-state index contributed by atoms with van der Waals surface area (Å²) in [6.45, 7) is 3.95. The van der Waals surface area contributed by atoms with E-state index >= 15 is 0 Å². The lowest BCUT2D eigenvalue weighted by Gasteiger charge is -2.18. The van der Waals surface area contributed by atoms with Crippen molar-refractivity contribution in [3.8, 4) is 0 Å². The van der Waals surface area contributed by atoms with Gasteiger partial charge in [-0.1, -0.05) is 30.0 Å². The van der Waals surface area contributed by atoms with Crippen LogP contribution in [0.1, 0.15) is 36.4 Å². The number of hydrogen-bond donors (Lipinski definition) is 1. The summed E-state index contributed by atoms with van der Waals surface area (Å²) in [5.41, 5.74) is 0.833. The van der Waals surface area contributed by atoms with Crippen molar-refractivity contribution >= 4 is 29.0 Å². The first-order valence-corrected chi connectivity index (χ1v) is 9.90. The third-order valence-electron chi connectivity index (χ3n) is 3.62. The fourth-order valence-corrected chi connectivity index (χ4v) is 3.99. The van der Waals surface area contributed by atoms with Gasteiger partial charge in [0.2, 0.25) is 11.1 Å². The maximum Gasteiger partial charge on any atom is 0.231 e. The molecular formula is C17H18FN5OS2. The van der Waals surface area contributed by atoms with Crippen molar-refractivity contribution in [1.82, 2.24) is 25.5 Å². The van der Waals surface area contributed by atoms with E-state index in [0.717, 1.165) is 10.4 Å². The molecule has 1 amide bonds. The molecule has 9 heteroatoms. The average molecular weight is 391 g/mol. The molecule has 136 valence electrons. The summed E-state index contributed by atoms with van der Waals surface area (Å²) in [6, 6.07) is 9.85. The molecule has 0 aliphatic rings. The topological polar surface area (TPSA) is 72.7 Å². The van der Waals surface area contributed by atoms with Crippen LogP contribution in [0, 0.1) is 5.82 Å². The summed E-state index contributed by atoms with van der Waals surface area (Å²) in [4.78, 5) is 13.5. The Morgan fingerprint density at radius 2 is 2.08 bits per heavy atom. The quantitative estimate of drug-likeness (QED) is 0.625. The molecule has 1 N–H and O–H groups in total. The minimum atomic E-state index is -0.315. The number of tetrazole rings is 1. The number of benzene rings is 1. The number of hydrogen-bond acceptors (Lipinski definition) is 6. The highest BCUT2D eigenvalue weighted by Crippen LogP contribution is 2.26. The van der Waals surface area contributed by atoms with Gasteiger partial charge in [0.25, 0.3) is 0 Å². The number of carbonyl (C=O) groups excluding carboxylic acids is 1. The van der Waals surface area contributed by atoms with Crippen LogP contribution >= 0.6 is 23.1 Å². The van der Waals surface area contributed by atoms with E-state index in [4.69, 9.17) is 0 Å². The maximum absolute atomic E-state index is 13.2. The molecule has 0 bridgehead atoms. The van der Waals surface area contributed by atoms with Crippen LogP contribution < -0.4 is 5.32 Å². The van der Waals surface area contributed by atoms with Gasteiger partial charge in [0.05, 0.1) is 17.8 Å². The normalized spacial score (nSPS) is 12.3. The average Bonchev–Trinajstić information content (AvgIpc) is 3.30. The van der Waals surface area contributed by atoms with E-state index in [1.807, 2.05) is 31.4 Å². The minimum absolute atomic E-state index is 0.119. The predicted molar refractivity (Wildman–Crippen MR) is 99.6 cm³/mol. The zero-order valence-electron chi connectivity index (χ0n) is 14.3. The van der Waals surface area contributed by atoms with E-state index in [1.165, 1.54) is 23.9 Å². The Morgan fingerprint density at radius 1 is 1.31 bits per heavy atom. The molecule has 0 aliphatic carbocycles. The molecule has 0 radical (unpaired) electrons. The van der Waals surface area contributed by atoms with Crippen LogP contribution in [0.15, 0.2) is 46.9 Å². The number of nitrogens with zero attached hydrogens (tertiary/aromatic N) is 4. The lowest BCUT2D eigenvalue weighted by atomic mass is 10.1. The van der Waals surface area contributed by atoms with Crippen molar-refractivity contribution in [2.45, 2.75) is 31.1 Å². The van der Waals surface area contributed by atoms with Crippen molar-refractivity contribution in [3.63, 3.8) is 0 Å². The highest BCUT2D eigenvalue weighted by molar-refractivity contribution is 7.99. The lowest BCUT2D eigenvalue weighted by Crippen LogP contribution is -2.30. The molecule has 0 aliphatic heterocycles. The first kappa shape index (κ1) is 18.5. The monoisotopic (exact) mass is 391 g/mol. The zero-order valence-corrected chi connectivity index (χ0v) is 15.9. The highest BCUT2D eigenvalue weighted by atomic mass is 32.2. The molecule has 1 aromatic carbocycles. The molecule has 1 unspecified atom stereocenters. The van der Waals surface area contributed by atoms with Gasteiger partial charge in [-0.25, -0.2) is 9.07 Å². The molecular weight excluding hydrogens is 373 g/mol. The number of halogens is 1. The molecule has 6 nitrogen and oxygen atoms in total. The van der Waals surface area contributed by atoms with Crippen LogP contribution in [-0.4, -0.2) is 31.9 Å². The second-order valence-corrected chi connectivity index (χ2v) is 7.78. The molecule has 0 saturated carbocycles. The van der Waals surface area contributed by atoms with E-state index in [-0.39, 0.29) is 29.6 Å². The van der Waals surface area contributed by atoms with Gasteiger partial charge in [0.15, 0.2) is 0 Å². The van der Waals surface area contributed by atoms with Gasteiger partial charge in [-0.2, -0.15) is 0 Å². The number of amides is 1. The molecule has 0 spiro atoms. The second kappa shape index (κ2) is 8.41. The number of thioether (sulfide) groups is 1. The van der Waals surface area contributed by atoms with Crippen LogP contribution in [0.2, 0.25) is 0 Å². The van der Waals surface area contributed by atoms with E-state index in [2.05, 4.69) is 20.8 Å². The van der Waals surface area contributed by atoms with Crippen LogP contribution in [0.4, 0.5) is 4.39 Å². The number of thiophene rings is 1. The molecule has 0 fully saturated rings. The third kappa shape index (κ3) is 4.47. The summed E-state index contributed by atoms with van der Waals surface area (Å²) in [6.07, 6.45) is 0. The predicted octanol–water partition coefficient (Wildman–Crippen LogP) is 3.45. The molecule has 3 rings (SSSR count). The Kier molecular flexibility index (Phi) is 6.00. The van der Waals surface area contributed by atoms with Gasteiger partial charge in [0.1, 0.15) is 5.82 Å². The van der Waals surface area contributed by atoms with E-state index in [1.54, 1.807) is 28.2 Å². The SMILES string of the molecule is CC(C)n1nnnc1SCC(=O)NC(c1ccc(F)cc1)c1cccs1. The lowest BCUT2D eigenvalue weighted by molar-refractivity contribution is -0.119. The molecule has 1 atom stereocenters. The summed E-state index contributed by atoms with van der Waals surface area (Å²) in [5.74, 6) is -0.256. The Morgan fingerprint density at radius 3 is 2.73 bits per heavy atom. The fourth-order valence-electron chi connectivity index (χ4n) is 2.37. The third-order valence-corrected chi connectivity index (χ3v) is 5.49. The summed E-state index contributed by atoms with van der Waals surface area (Å²) in [5, 5.41) is 17.1. The van der Waals surface area contributed by atoms with E-state index in [0.29, 0.717) is 5.16 Å². The van der Waals surface area contributed by atoms with Crippen LogP contribution in [0.5, 0.6) is 0 Å². The summed E-state index contributed by atoms with van der Waals surface area (Å²) < 4.78 is 14.9. The Balaban J connectivity index is 1.69. The second-order valence-electron chi connectivity index (χ2n) is 5.86. The molecule has 0 saturated heterocycles. The van der Waals surface area contributed by atoms with E-state index in [9.17, 15) is 9.18 Å². The van der Waals surface area contributed by atoms with Gasteiger partial charge in [-0.3, -0.25) is 4.79 Å². The van der Waals surface area contributed by atoms with Crippen LogP contribution in [0.3, 0.4) is 0 Å². The first-order chi connectivity index (χ1) is 12.5. The minimum Gasteiger partial charge on any atom is -0.344 e. The van der Waals surface area contributed by atoms with Crippen molar-refractivity contribution in [1.29, 1.82) is 0 Å². The van der Waals surface area contributed by atoms with Gasteiger partial charge in [-0.05, 0) is 53.4 Å². The maximum atomic E-state index is 13.2. The van der Waals surface area contributed by atoms with Crippen LogP contribution in [0.25, 0.3) is 0 Å². The molecule has 2 aromatic heterocycles. The standard InChI is InChI=1S/C17H18FN5OS2/c1-11(2)23-17(20-21-22-23)26-10-15(24)19-16(14-4-3-9-25-14)12-5-7-13(18)8-6-12/h3-9,11,16H,10H2,1-2H3,(H,19,24). The van der Waals surface area contributed by atoms with Gasteiger partial charge >= 0.3 is 0 Å². The van der Waals surface area contributed by atoms with Gasteiger partial charge in [0, 0.05) is 4.88 Å². The van der Waals surface area contributed by atoms with Gasteiger partial charge in [-0.15, -0.1) is 16.4 Å². The van der Waals surface area contributed by atoms with Crippen molar-refractivity contribution in [2.24, 2.45) is 0 Å². The Hall–Kier alpha value is -2.26. The molecule has 26 heavy (non-hydrogen) atoms. The summed E-state index contributed by atoms with van der Waals surface area (Å²) in [7, 11) is 0. The van der Waals surface area contributed by atoms with Crippen molar-refractivity contribution < 1.29 is 9.18 Å². The van der Waals surface area contributed by atoms with Gasteiger partial charge < -0.3 is 5.32 Å². The number of rotatable bonds is 7. The van der Waals surface area contributed by atoms with Crippen molar-refractivity contribution in [3.05, 3.63) is 58.0 Å². The fraction of sp³-hybridized carbons (Fsp3) is 0.294. The molecule has 3 aromatic rings. The number of aromatic nitrogens is 4. The smallest absolute Gasteiger partial charge is 0.231 e. The Labute approximate surface area is 158 Å². The zero-order chi connectivity index (χ0) is 18.5. The first-order valence-electron chi connectivity index (χ1n) is 8.03. The largest absolute Gasteiger partial charge is 0.344 e. The van der Waals surface area contributed by atoms with Crippen molar-refractivity contribution in [2.75, 3.05) is 5.75 Å². The van der Waals surface area contributed by atoms with Crippen LogP contribution in [-0.2, 0) is 4.79 Å². The molecule has 2 heterocycles. The summed E-state index contributed by atoms with van der Waals surface area (Å²) >= 11 is 2.83. The Bertz CT molecular complexity index is 848. The number of nitrogens with one attached hydrogen (secondary N) is 1. The highest BCUT2D eigenvalue weighted by Gasteiger charge is 2.19. The number of carbonyl (C=O) groups is 1.